The van der Waals surface area contributed by atoms with E-state index in [1.54, 1.807) is 6.92 Å². The fraction of sp³-hybridized carbons (Fsp3) is 0.200. The molecule has 0 spiro atoms. The Hall–Kier alpha value is -1.51. The molecule has 0 radical (unpaired) electrons. The molecule has 3 heteroatoms. The van der Waals surface area contributed by atoms with Crippen LogP contribution in [0, 0.1) is 19.7 Å². The molecule has 0 amide bonds. The Balaban J connectivity index is 2.94. The van der Waals surface area contributed by atoms with E-state index in [0.717, 1.165) is 5.56 Å². The average molecular weight is 176 g/mol. The largest absolute Gasteiger partial charge is 0.241 e. The number of halogens is 1. The van der Waals surface area contributed by atoms with Crippen molar-refractivity contribution in [2.75, 3.05) is 0 Å². The molecular formula is C10H9FN2. The van der Waals surface area contributed by atoms with Gasteiger partial charge < -0.3 is 0 Å². The van der Waals surface area contributed by atoms with Crippen molar-refractivity contribution in [3.63, 3.8) is 0 Å². The minimum Gasteiger partial charge on any atom is -0.241 e. The van der Waals surface area contributed by atoms with Gasteiger partial charge in [-0.3, -0.25) is 0 Å². The Bertz CT molecular complexity index is 466. The van der Waals surface area contributed by atoms with Crippen molar-refractivity contribution in [2.45, 2.75) is 13.8 Å². The molecule has 0 aliphatic rings. The number of fused-ring (bicyclic) bond motifs is 1. The molecule has 0 saturated carbocycles. The van der Waals surface area contributed by atoms with Gasteiger partial charge in [0.25, 0.3) is 0 Å². The van der Waals surface area contributed by atoms with Crippen LogP contribution >= 0.6 is 0 Å². The standard InChI is InChI=1S/C10H9FN2/c1-6-3-8(11)10-7(2)12-5-13-9(10)4-6/h3-5H,1-2H3. The lowest BCUT2D eigenvalue weighted by Gasteiger charge is -2.02. The quantitative estimate of drug-likeness (QED) is 0.616. The van der Waals surface area contributed by atoms with Gasteiger partial charge >= 0.3 is 0 Å². The maximum absolute atomic E-state index is 13.4. The summed E-state index contributed by atoms with van der Waals surface area (Å²) in [7, 11) is 0. The first-order valence-corrected chi connectivity index (χ1v) is 4.06. The van der Waals surface area contributed by atoms with Gasteiger partial charge in [0.1, 0.15) is 12.1 Å². The molecule has 0 aliphatic carbocycles. The van der Waals surface area contributed by atoms with Crippen LogP contribution in [0.25, 0.3) is 10.9 Å². The highest BCUT2D eigenvalue weighted by molar-refractivity contribution is 5.81. The topological polar surface area (TPSA) is 25.8 Å². The van der Waals surface area contributed by atoms with Gasteiger partial charge in [-0.05, 0) is 31.5 Å². The molecule has 66 valence electrons. The first kappa shape index (κ1) is 8.10. The van der Waals surface area contributed by atoms with Crippen molar-refractivity contribution in [1.29, 1.82) is 0 Å². The highest BCUT2D eigenvalue weighted by atomic mass is 19.1. The van der Waals surface area contributed by atoms with E-state index >= 15 is 0 Å². The molecule has 2 nitrogen and oxygen atoms in total. The average Bonchev–Trinajstić information content (AvgIpc) is 2.02. The first-order valence-electron chi connectivity index (χ1n) is 4.06. The van der Waals surface area contributed by atoms with Crippen LogP contribution in [0.4, 0.5) is 4.39 Å². The van der Waals surface area contributed by atoms with Crippen molar-refractivity contribution < 1.29 is 4.39 Å². The normalized spacial score (nSPS) is 10.7. The number of hydrogen-bond donors (Lipinski definition) is 0. The number of rotatable bonds is 0. The van der Waals surface area contributed by atoms with Crippen LogP contribution in [-0.4, -0.2) is 9.97 Å². The molecule has 1 aromatic carbocycles. The van der Waals surface area contributed by atoms with Crippen LogP contribution in [0.1, 0.15) is 11.3 Å². The zero-order valence-corrected chi connectivity index (χ0v) is 7.50. The maximum Gasteiger partial charge on any atom is 0.134 e. The van der Waals surface area contributed by atoms with Crippen molar-refractivity contribution in [3.05, 3.63) is 35.5 Å². The molecule has 2 aromatic rings. The van der Waals surface area contributed by atoms with Crippen molar-refractivity contribution in [2.24, 2.45) is 0 Å². The Kier molecular flexibility index (Phi) is 1.72. The van der Waals surface area contributed by atoms with E-state index in [4.69, 9.17) is 0 Å². The lowest BCUT2D eigenvalue weighted by atomic mass is 10.1. The number of hydrogen-bond acceptors (Lipinski definition) is 2. The Morgan fingerprint density at radius 2 is 1.92 bits per heavy atom. The summed E-state index contributed by atoms with van der Waals surface area (Å²) >= 11 is 0. The van der Waals surface area contributed by atoms with Crippen LogP contribution in [0.3, 0.4) is 0 Å². The van der Waals surface area contributed by atoms with E-state index in [9.17, 15) is 4.39 Å². The number of nitrogens with zero attached hydrogens (tertiary/aromatic N) is 2. The van der Waals surface area contributed by atoms with E-state index in [-0.39, 0.29) is 5.82 Å². The molecule has 0 saturated heterocycles. The van der Waals surface area contributed by atoms with E-state index in [2.05, 4.69) is 9.97 Å². The molecule has 0 atom stereocenters. The molecule has 1 aromatic heterocycles. The van der Waals surface area contributed by atoms with Crippen molar-refractivity contribution in [1.82, 2.24) is 9.97 Å². The van der Waals surface area contributed by atoms with Crippen molar-refractivity contribution >= 4 is 10.9 Å². The van der Waals surface area contributed by atoms with E-state index < -0.39 is 0 Å². The minimum absolute atomic E-state index is 0.242. The van der Waals surface area contributed by atoms with Crippen LogP contribution in [0.5, 0.6) is 0 Å². The molecule has 0 N–H and O–H groups in total. The molecule has 2 rings (SSSR count). The van der Waals surface area contributed by atoms with E-state index in [0.29, 0.717) is 16.6 Å². The molecule has 0 unspecified atom stereocenters. The van der Waals surface area contributed by atoms with Crippen LogP contribution in [0.15, 0.2) is 18.5 Å². The van der Waals surface area contributed by atoms with Crippen LogP contribution in [0.2, 0.25) is 0 Å². The number of aromatic nitrogens is 2. The smallest absolute Gasteiger partial charge is 0.134 e. The zero-order valence-electron chi connectivity index (χ0n) is 7.50. The summed E-state index contributed by atoms with van der Waals surface area (Å²) in [5.74, 6) is -0.242. The van der Waals surface area contributed by atoms with Crippen molar-refractivity contribution in [3.8, 4) is 0 Å². The highest BCUT2D eigenvalue weighted by Gasteiger charge is 2.05. The summed E-state index contributed by atoms with van der Waals surface area (Å²) in [6.07, 6.45) is 1.45. The summed E-state index contributed by atoms with van der Waals surface area (Å²) in [4.78, 5) is 7.96. The fourth-order valence-electron chi connectivity index (χ4n) is 1.43. The van der Waals surface area contributed by atoms with Gasteiger partial charge in [0.15, 0.2) is 0 Å². The second-order valence-corrected chi connectivity index (χ2v) is 3.10. The van der Waals surface area contributed by atoms with Crippen LogP contribution in [-0.2, 0) is 0 Å². The molecule has 0 bridgehead atoms. The fourth-order valence-corrected chi connectivity index (χ4v) is 1.43. The van der Waals surface area contributed by atoms with Gasteiger partial charge in [0.05, 0.1) is 16.6 Å². The lowest BCUT2D eigenvalue weighted by Crippen LogP contribution is -1.91. The van der Waals surface area contributed by atoms with Gasteiger partial charge in [-0.2, -0.15) is 0 Å². The Morgan fingerprint density at radius 3 is 2.69 bits per heavy atom. The highest BCUT2D eigenvalue weighted by Crippen LogP contribution is 2.19. The summed E-state index contributed by atoms with van der Waals surface area (Å²) in [5, 5.41) is 0.521. The van der Waals surface area contributed by atoms with Gasteiger partial charge in [-0.1, -0.05) is 0 Å². The zero-order chi connectivity index (χ0) is 9.42. The predicted octanol–water partition coefficient (Wildman–Crippen LogP) is 2.39. The Labute approximate surface area is 75.4 Å². The Morgan fingerprint density at radius 1 is 1.15 bits per heavy atom. The van der Waals surface area contributed by atoms with Gasteiger partial charge in [0.2, 0.25) is 0 Å². The second-order valence-electron chi connectivity index (χ2n) is 3.10. The van der Waals surface area contributed by atoms with Gasteiger partial charge in [-0.15, -0.1) is 0 Å². The van der Waals surface area contributed by atoms with Gasteiger partial charge in [-0.25, -0.2) is 14.4 Å². The third-order valence-electron chi connectivity index (χ3n) is 2.02. The number of benzene rings is 1. The number of aryl methyl sites for hydroxylation is 2. The molecule has 0 aliphatic heterocycles. The van der Waals surface area contributed by atoms with Crippen LogP contribution < -0.4 is 0 Å². The summed E-state index contributed by atoms with van der Waals surface area (Å²) in [6.45, 7) is 3.63. The van der Waals surface area contributed by atoms with E-state index in [1.165, 1.54) is 12.4 Å². The molecule has 0 fully saturated rings. The maximum atomic E-state index is 13.4. The predicted molar refractivity (Wildman–Crippen MR) is 49.0 cm³/mol. The molecule has 1 heterocycles. The third-order valence-corrected chi connectivity index (χ3v) is 2.02. The molecule has 13 heavy (non-hydrogen) atoms. The van der Waals surface area contributed by atoms with Gasteiger partial charge in [0, 0.05) is 0 Å². The third kappa shape index (κ3) is 1.26. The monoisotopic (exact) mass is 176 g/mol. The molecular weight excluding hydrogens is 167 g/mol. The van der Waals surface area contributed by atoms with E-state index in [1.807, 2.05) is 13.0 Å². The lowest BCUT2D eigenvalue weighted by molar-refractivity contribution is 0.637. The minimum atomic E-state index is -0.242. The second kappa shape index (κ2) is 2.76. The summed E-state index contributed by atoms with van der Waals surface area (Å²) in [5.41, 5.74) is 2.23. The SMILES string of the molecule is Cc1cc(F)c2c(C)ncnc2c1. The summed E-state index contributed by atoms with van der Waals surface area (Å²) in [6, 6.07) is 3.35. The first-order chi connectivity index (χ1) is 6.18. The summed E-state index contributed by atoms with van der Waals surface area (Å²) < 4.78 is 13.4.